The van der Waals surface area contributed by atoms with Gasteiger partial charge in [0.1, 0.15) is 12.2 Å². The van der Waals surface area contributed by atoms with E-state index < -0.39 is 0 Å². The fourth-order valence-corrected chi connectivity index (χ4v) is 11.2. The third-order valence-corrected chi connectivity index (χ3v) is 12.6. The number of hydrogen-bond donors (Lipinski definition) is 0. The van der Waals surface area contributed by atoms with E-state index in [1.807, 2.05) is 0 Å². The highest BCUT2D eigenvalue weighted by Crippen LogP contribution is 2.67. The van der Waals surface area contributed by atoms with Gasteiger partial charge in [-0.3, -0.25) is 14.5 Å². The van der Waals surface area contributed by atoms with Gasteiger partial charge in [0.25, 0.3) is 0 Å². The minimum Gasteiger partial charge on any atom is -0.463 e. The van der Waals surface area contributed by atoms with Crippen molar-refractivity contribution in [3.63, 3.8) is 0 Å². The fourth-order valence-electron chi connectivity index (χ4n) is 11.2. The number of carbonyl (C=O) groups is 2. The third-order valence-electron chi connectivity index (χ3n) is 12.6. The molecule has 2 heterocycles. The molecule has 6 fully saturated rings. The highest BCUT2D eigenvalue weighted by molar-refractivity contribution is 5.66. The SMILES string of the molecule is CC(=O)OC1CCC2(C)C(C1)C(OC(C)=O)CC1C3CCC4C(C)C5CCC(C)CN5CC4C3CC12. The van der Waals surface area contributed by atoms with Crippen LogP contribution < -0.4 is 0 Å². The van der Waals surface area contributed by atoms with Gasteiger partial charge in [-0.05, 0) is 111 Å². The molecule has 13 unspecified atom stereocenters. The van der Waals surface area contributed by atoms with E-state index in [2.05, 4.69) is 25.7 Å². The lowest BCUT2D eigenvalue weighted by molar-refractivity contribution is -0.180. The largest absolute Gasteiger partial charge is 0.463 e. The molecule has 0 amide bonds. The lowest BCUT2D eigenvalue weighted by atomic mass is 9.51. The van der Waals surface area contributed by atoms with Crippen LogP contribution in [0.1, 0.15) is 92.4 Å². The monoisotopic (exact) mass is 499 g/mol. The van der Waals surface area contributed by atoms with Crippen LogP contribution in [0.4, 0.5) is 0 Å². The van der Waals surface area contributed by atoms with Crippen molar-refractivity contribution in [3.05, 3.63) is 0 Å². The van der Waals surface area contributed by atoms with Crippen molar-refractivity contribution in [1.29, 1.82) is 0 Å². The summed E-state index contributed by atoms with van der Waals surface area (Å²) in [6.07, 6.45) is 10.8. The summed E-state index contributed by atoms with van der Waals surface area (Å²) >= 11 is 0. The molecule has 0 aromatic heterocycles. The minimum atomic E-state index is -0.184. The Morgan fingerprint density at radius 3 is 2.25 bits per heavy atom. The Labute approximate surface area is 218 Å². The zero-order valence-electron chi connectivity index (χ0n) is 23.3. The lowest BCUT2D eigenvalue weighted by Crippen LogP contribution is -2.58. The smallest absolute Gasteiger partial charge is 0.302 e. The first kappa shape index (κ1) is 25.2. The van der Waals surface area contributed by atoms with Crippen LogP contribution in [0.3, 0.4) is 0 Å². The molecule has 0 aromatic carbocycles. The van der Waals surface area contributed by atoms with Crippen molar-refractivity contribution in [2.24, 2.45) is 58.7 Å². The van der Waals surface area contributed by atoms with Gasteiger partial charge in [-0.1, -0.05) is 20.8 Å². The van der Waals surface area contributed by atoms with Crippen molar-refractivity contribution in [1.82, 2.24) is 4.90 Å². The van der Waals surface area contributed by atoms with E-state index in [0.717, 1.165) is 73.2 Å². The minimum absolute atomic E-state index is 0.0267. The van der Waals surface area contributed by atoms with E-state index in [0.29, 0.717) is 11.8 Å². The molecule has 5 nitrogen and oxygen atoms in total. The van der Waals surface area contributed by atoms with E-state index in [1.165, 1.54) is 52.1 Å². The Morgan fingerprint density at radius 2 is 1.50 bits per heavy atom. The highest BCUT2D eigenvalue weighted by Gasteiger charge is 2.63. The summed E-state index contributed by atoms with van der Waals surface area (Å²) in [5, 5.41) is 0. The fraction of sp³-hybridized carbons (Fsp3) is 0.935. The van der Waals surface area contributed by atoms with E-state index in [1.54, 1.807) is 6.92 Å². The summed E-state index contributed by atoms with van der Waals surface area (Å²) in [5.74, 6) is 6.40. The van der Waals surface area contributed by atoms with Gasteiger partial charge in [-0.2, -0.15) is 0 Å². The second-order valence-electron chi connectivity index (χ2n) is 14.3. The summed E-state index contributed by atoms with van der Waals surface area (Å²) in [6, 6.07) is 0.814. The molecule has 6 rings (SSSR count). The number of nitrogens with zero attached hydrogens (tertiary/aromatic N) is 1. The highest BCUT2D eigenvalue weighted by atomic mass is 16.5. The number of rotatable bonds is 2. The Morgan fingerprint density at radius 1 is 0.750 bits per heavy atom. The molecule has 13 atom stereocenters. The number of fused-ring (bicyclic) bond motifs is 8. The van der Waals surface area contributed by atoms with E-state index in [-0.39, 0.29) is 29.6 Å². The van der Waals surface area contributed by atoms with Crippen LogP contribution in [0.2, 0.25) is 0 Å². The molecule has 6 aliphatic rings. The predicted molar refractivity (Wildman–Crippen MR) is 139 cm³/mol. The average molecular weight is 500 g/mol. The first-order valence-corrected chi connectivity index (χ1v) is 15.2. The van der Waals surface area contributed by atoms with Crippen LogP contribution in [0.15, 0.2) is 0 Å². The van der Waals surface area contributed by atoms with Gasteiger partial charge in [0.2, 0.25) is 0 Å². The van der Waals surface area contributed by atoms with E-state index >= 15 is 0 Å². The molecule has 4 aliphatic carbocycles. The Kier molecular flexibility index (Phi) is 6.49. The molecule has 0 N–H and O–H groups in total. The third kappa shape index (κ3) is 4.05. The van der Waals surface area contributed by atoms with Gasteiger partial charge in [0.05, 0.1) is 0 Å². The summed E-state index contributed by atoms with van der Waals surface area (Å²) in [6.45, 7) is 13.2. The van der Waals surface area contributed by atoms with Crippen molar-refractivity contribution in [2.75, 3.05) is 13.1 Å². The van der Waals surface area contributed by atoms with Crippen LogP contribution in [0.25, 0.3) is 0 Å². The molecule has 36 heavy (non-hydrogen) atoms. The first-order valence-electron chi connectivity index (χ1n) is 15.2. The molecule has 0 radical (unpaired) electrons. The molecule has 2 aliphatic heterocycles. The maximum atomic E-state index is 12.2. The molecule has 0 aromatic rings. The van der Waals surface area contributed by atoms with Crippen LogP contribution in [-0.2, 0) is 19.1 Å². The van der Waals surface area contributed by atoms with Gasteiger partial charge in [0.15, 0.2) is 0 Å². The summed E-state index contributed by atoms with van der Waals surface area (Å²) in [5.41, 5.74) is 0.176. The number of hydrogen-bond acceptors (Lipinski definition) is 5. The molecular formula is C31H49NO4. The van der Waals surface area contributed by atoms with Gasteiger partial charge in [-0.15, -0.1) is 0 Å². The Hall–Kier alpha value is -1.10. The van der Waals surface area contributed by atoms with Gasteiger partial charge < -0.3 is 9.47 Å². The van der Waals surface area contributed by atoms with Crippen molar-refractivity contribution < 1.29 is 19.1 Å². The second-order valence-corrected chi connectivity index (χ2v) is 14.3. The summed E-state index contributed by atoms with van der Waals surface area (Å²) in [4.78, 5) is 26.8. The first-order chi connectivity index (χ1) is 17.2. The van der Waals surface area contributed by atoms with Gasteiger partial charge in [-0.25, -0.2) is 0 Å². The van der Waals surface area contributed by atoms with E-state index in [4.69, 9.17) is 9.47 Å². The zero-order valence-corrected chi connectivity index (χ0v) is 23.3. The molecule has 2 saturated heterocycles. The van der Waals surface area contributed by atoms with Crippen LogP contribution in [-0.4, -0.2) is 48.2 Å². The molecule has 5 heteroatoms. The van der Waals surface area contributed by atoms with E-state index in [9.17, 15) is 9.59 Å². The Balaban J connectivity index is 1.27. The van der Waals surface area contributed by atoms with Crippen LogP contribution >= 0.6 is 0 Å². The number of carbonyl (C=O) groups excluding carboxylic acids is 2. The predicted octanol–water partition coefficient (Wildman–Crippen LogP) is 5.70. The number of esters is 2. The quantitative estimate of drug-likeness (QED) is 0.456. The normalized spacial score (nSPS) is 52.1. The van der Waals surface area contributed by atoms with Crippen molar-refractivity contribution in [3.8, 4) is 0 Å². The molecule has 4 saturated carbocycles. The standard InChI is InChI=1S/C31H49NO4/c1-17-6-9-29-18(2)22-7-8-23-24(26(22)16-32(29)15-17)13-27-25(23)14-30(36-20(4)34)28-12-21(35-19(3)33)10-11-31(27,28)5/h17-18,21-30H,6-16H2,1-5H3. The lowest BCUT2D eigenvalue weighted by Gasteiger charge is -2.57. The molecular weight excluding hydrogens is 450 g/mol. The van der Waals surface area contributed by atoms with Crippen LogP contribution in [0.5, 0.6) is 0 Å². The van der Waals surface area contributed by atoms with Crippen molar-refractivity contribution >= 4 is 11.9 Å². The maximum Gasteiger partial charge on any atom is 0.302 e. The molecule has 202 valence electrons. The van der Waals surface area contributed by atoms with Gasteiger partial charge in [0, 0.05) is 38.9 Å². The zero-order chi connectivity index (χ0) is 25.4. The number of piperidine rings is 2. The summed E-state index contributed by atoms with van der Waals surface area (Å²) in [7, 11) is 0. The van der Waals surface area contributed by atoms with Crippen LogP contribution in [0, 0.1) is 58.7 Å². The average Bonchev–Trinajstić information content (AvgIpc) is 3.19. The number of ether oxygens (including phenoxy) is 2. The molecule has 0 spiro atoms. The topological polar surface area (TPSA) is 55.8 Å². The second kappa shape index (κ2) is 9.27. The van der Waals surface area contributed by atoms with Crippen molar-refractivity contribution in [2.45, 2.75) is 111 Å². The van der Waals surface area contributed by atoms with Gasteiger partial charge >= 0.3 is 11.9 Å². The summed E-state index contributed by atoms with van der Waals surface area (Å²) < 4.78 is 11.8. The molecule has 0 bridgehead atoms. The maximum absolute atomic E-state index is 12.2. The Bertz CT molecular complexity index is 873.